The summed E-state index contributed by atoms with van der Waals surface area (Å²) in [6.45, 7) is 1.14. The summed E-state index contributed by atoms with van der Waals surface area (Å²) in [6, 6.07) is 9.36. The van der Waals surface area contributed by atoms with Crippen LogP contribution in [0, 0.1) is 0 Å². The van der Waals surface area contributed by atoms with E-state index < -0.39 is 16.0 Å². The number of carboxylic acids is 1. The van der Waals surface area contributed by atoms with Crippen LogP contribution in [0.25, 0.3) is 0 Å². The number of benzene rings is 1. The van der Waals surface area contributed by atoms with Crippen molar-refractivity contribution in [2.75, 3.05) is 13.1 Å². The van der Waals surface area contributed by atoms with Crippen LogP contribution in [0.5, 0.6) is 0 Å². The van der Waals surface area contributed by atoms with Crippen LogP contribution in [-0.4, -0.2) is 46.7 Å². The molecule has 128 valence electrons. The van der Waals surface area contributed by atoms with Gasteiger partial charge in [-0.15, -0.1) is 0 Å². The molecule has 24 heavy (non-hydrogen) atoms. The van der Waals surface area contributed by atoms with Gasteiger partial charge in [0, 0.05) is 19.3 Å². The smallest absolute Gasteiger partial charge is 0.340 e. The van der Waals surface area contributed by atoms with E-state index in [0.717, 1.165) is 24.8 Å². The molecule has 0 spiro atoms. The van der Waals surface area contributed by atoms with Gasteiger partial charge in [0.2, 0.25) is 5.03 Å². The number of carbonyl (C=O) groups is 1. The second kappa shape index (κ2) is 6.74. The van der Waals surface area contributed by atoms with Gasteiger partial charge in [-0.2, -0.15) is 9.40 Å². The van der Waals surface area contributed by atoms with Crippen LogP contribution in [-0.2, 0) is 16.6 Å². The SMILES string of the molecule is O=C(O)c1cn(Cc2ccccc2)nc1S(=O)(=O)N1CCCCC1. The first kappa shape index (κ1) is 16.7. The van der Waals surface area contributed by atoms with Crippen molar-refractivity contribution < 1.29 is 18.3 Å². The van der Waals surface area contributed by atoms with Gasteiger partial charge in [-0.25, -0.2) is 13.2 Å². The Balaban J connectivity index is 1.96. The Morgan fingerprint density at radius 2 is 1.79 bits per heavy atom. The van der Waals surface area contributed by atoms with Gasteiger partial charge in [-0.3, -0.25) is 4.68 Å². The maximum Gasteiger partial charge on any atom is 0.340 e. The second-order valence-corrected chi connectivity index (χ2v) is 7.65. The van der Waals surface area contributed by atoms with Crippen molar-refractivity contribution in [1.82, 2.24) is 14.1 Å². The Bertz CT molecular complexity index is 824. The van der Waals surface area contributed by atoms with E-state index in [0.29, 0.717) is 19.6 Å². The van der Waals surface area contributed by atoms with Gasteiger partial charge >= 0.3 is 5.97 Å². The Hall–Kier alpha value is -2.19. The first-order chi connectivity index (χ1) is 11.5. The van der Waals surface area contributed by atoms with Crippen molar-refractivity contribution in [1.29, 1.82) is 0 Å². The minimum absolute atomic E-state index is 0.281. The molecule has 1 N–H and O–H groups in total. The van der Waals surface area contributed by atoms with E-state index in [-0.39, 0.29) is 10.6 Å². The second-order valence-electron chi connectivity index (χ2n) is 5.80. The molecule has 1 fully saturated rings. The van der Waals surface area contributed by atoms with E-state index >= 15 is 0 Å². The molecule has 0 saturated carbocycles. The molecule has 1 aliphatic heterocycles. The molecular formula is C16H19N3O4S. The molecule has 2 aromatic rings. The minimum Gasteiger partial charge on any atom is -0.478 e. The highest BCUT2D eigenvalue weighted by Crippen LogP contribution is 2.22. The summed E-state index contributed by atoms with van der Waals surface area (Å²) in [6.07, 6.45) is 3.84. The summed E-state index contributed by atoms with van der Waals surface area (Å²) in [5.74, 6) is -1.29. The summed E-state index contributed by atoms with van der Waals surface area (Å²) in [5, 5.41) is 13.1. The van der Waals surface area contributed by atoms with Crippen LogP contribution in [0.15, 0.2) is 41.6 Å². The molecule has 0 amide bonds. The third kappa shape index (κ3) is 3.34. The van der Waals surface area contributed by atoms with Crippen LogP contribution in [0.3, 0.4) is 0 Å². The molecular weight excluding hydrogens is 330 g/mol. The fourth-order valence-electron chi connectivity index (χ4n) is 2.82. The molecule has 1 aromatic carbocycles. The Morgan fingerprint density at radius 1 is 1.12 bits per heavy atom. The zero-order valence-electron chi connectivity index (χ0n) is 13.1. The quantitative estimate of drug-likeness (QED) is 0.888. The van der Waals surface area contributed by atoms with Gasteiger partial charge < -0.3 is 5.11 Å². The third-order valence-corrected chi connectivity index (χ3v) is 5.88. The van der Waals surface area contributed by atoms with Crippen molar-refractivity contribution in [2.45, 2.75) is 30.8 Å². The van der Waals surface area contributed by atoms with E-state index in [9.17, 15) is 18.3 Å². The van der Waals surface area contributed by atoms with E-state index in [1.165, 1.54) is 15.2 Å². The predicted octanol–water partition coefficient (Wildman–Crippen LogP) is 1.80. The maximum atomic E-state index is 12.8. The number of carboxylic acid groups (broad SMARTS) is 1. The van der Waals surface area contributed by atoms with E-state index in [4.69, 9.17) is 0 Å². The Morgan fingerprint density at radius 3 is 2.42 bits per heavy atom. The fourth-order valence-corrected chi connectivity index (χ4v) is 4.43. The average molecular weight is 349 g/mol. The number of hydrogen-bond acceptors (Lipinski definition) is 4. The lowest BCUT2D eigenvalue weighted by Crippen LogP contribution is -2.36. The molecule has 0 radical (unpaired) electrons. The van der Waals surface area contributed by atoms with Crippen molar-refractivity contribution >= 4 is 16.0 Å². The van der Waals surface area contributed by atoms with Gasteiger partial charge in [-0.1, -0.05) is 36.8 Å². The number of hydrogen-bond donors (Lipinski definition) is 1. The summed E-state index contributed by atoms with van der Waals surface area (Å²) in [5.41, 5.74) is 0.635. The van der Waals surface area contributed by atoms with Gasteiger partial charge in [0.25, 0.3) is 10.0 Å². The highest BCUT2D eigenvalue weighted by atomic mass is 32.2. The van der Waals surface area contributed by atoms with Crippen LogP contribution < -0.4 is 0 Å². The normalized spacial score (nSPS) is 16.2. The number of piperidine rings is 1. The number of aromatic nitrogens is 2. The summed E-state index contributed by atoms with van der Waals surface area (Å²) in [7, 11) is -3.89. The lowest BCUT2D eigenvalue weighted by molar-refractivity contribution is 0.0692. The van der Waals surface area contributed by atoms with Crippen molar-refractivity contribution in [3.8, 4) is 0 Å². The summed E-state index contributed by atoms with van der Waals surface area (Å²) < 4.78 is 28.2. The monoisotopic (exact) mass is 349 g/mol. The minimum atomic E-state index is -3.89. The fraction of sp³-hybridized carbons (Fsp3) is 0.375. The standard InChI is InChI=1S/C16H19N3O4S/c20-16(21)14-12-18(11-13-7-3-1-4-8-13)17-15(14)24(22,23)19-9-5-2-6-10-19/h1,3-4,7-8,12H,2,5-6,9-11H2,(H,20,21). The van der Waals surface area contributed by atoms with Gasteiger partial charge in [0.1, 0.15) is 5.56 Å². The van der Waals surface area contributed by atoms with Crippen LogP contribution in [0.1, 0.15) is 35.2 Å². The van der Waals surface area contributed by atoms with Crippen molar-refractivity contribution in [3.63, 3.8) is 0 Å². The lowest BCUT2D eigenvalue weighted by Gasteiger charge is -2.25. The molecule has 1 aliphatic rings. The first-order valence-electron chi connectivity index (χ1n) is 7.83. The molecule has 8 heteroatoms. The summed E-state index contributed by atoms with van der Waals surface area (Å²) in [4.78, 5) is 11.5. The lowest BCUT2D eigenvalue weighted by atomic mass is 10.2. The molecule has 1 saturated heterocycles. The average Bonchev–Trinajstić information content (AvgIpc) is 3.01. The number of sulfonamides is 1. The molecule has 7 nitrogen and oxygen atoms in total. The first-order valence-corrected chi connectivity index (χ1v) is 9.27. The molecule has 0 bridgehead atoms. The van der Waals surface area contributed by atoms with Crippen LogP contribution in [0.2, 0.25) is 0 Å². The molecule has 0 unspecified atom stereocenters. The predicted molar refractivity (Wildman–Crippen MR) is 87.3 cm³/mol. The van der Waals surface area contributed by atoms with Gasteiger partial charge in [0.15, 0.2) is 0 Å². The third-order valence-electron chi connectivity index (χ3n) is 4.04. The maximum absolute atomic E-state index is 12.8. The molecule has 2 heterocycles. The van der Waals surface area contributed by atoms with Gasteiger partial charge in [-0.05, 0) is 18.4 Å². The molecule has 3 rings (SSSR count). The van der Waals surface area contributed by atoms with E-state index in [1.807, 2.05) is 30.3 Å². The van der Waals surface area contributed by atoms with Crippen LogP contribution in [0.4, 0.5) is 0 Å². The molecule has 0 aliphatic carbocycles. The molecule has 0 atom stereocenters. The number of nitrogens with zero attached hydrogens (tertiary/aromatic N) is 3. The topological polar surface area (TPSA) is 92.5 Å². The Labute approximate surface area is 140 Å². The highest BCUT2D eigenvalue weighted by molar-refractivity contribution is 7.89. The van der Waals surface area contributed by atoms with E-state index in [1.54, 1.807) is 0 Å². The number of rotatable bonds is 5. The van der Waals surface area contributed by atoms with Gasteiger partial charge in [0.05, 0.1) is 6.54 Å². The zero-order valence-corrected chi connectivity index (χ0v) is 13.9. The highest BCUT2D eigenvalue weighted by Gasteiger charge is 2.33. The largest absolute Gasteiger partial charge is 0.478 e. The summed E-state index contributed by atoms with van der Waals surface area (Å²) >= 11 is 0. The Kier molecular flexibility index (Phi) is 4.68. The molecule has 1 aromatic heterocycles. The zero-order chi connectivity index (χ0) is 17.2. The van der Waals surface area contributed by atoms with E-state index in [2.05, 4.69) is 5.10 Å². The van der Waals surface area contributed by atoms with Crippen molar-refractivity contribution in [3.05, 3.63) is 47.7 Å². The van der Waals surface area contributed by atoms with Crippen LogP contribution >= 0.6 is 0 Å². The van der Waals surface area contributed by atoms with Crippen molar-refractivity contribution in [2.24, 2.45) is 0 Å². The number of aromatic carboxylic acids is 1.